The predicted octanol–water partition coefficient (Wildman–Crippen LogP) is 5.67. The number of rotatable bonds is 12. The van der Waals surface area contributed by atoms with Crippen LogP contribution in [0.3, 0.4) is 0 Å². The summed E-state index contributed by atoms with van der Waals surface area (Å²) in [5.41, 5.74) is 3.03. The molecule has 44 heavy (non-hydrogen) atoms. The molecule has 0 spiro atoms. The quantitative estimate of drug-likeness (QED) is 0.187. The highest BCUT2D eigenvalue weighted by Crippen LogP contribution is 2.25. The minimum Gasteiger partial charge on any atom is -0.497 e. The third-order valence-electron chi connectivity index (χ3n) is 7.61. The lowest BCUT2D eigenvalue weighted by molar-refractivity contribution is -0.133. The highest BCUT2D eigenvalue weighted by atomic mass is 16.5. The molecule has 1 unspecified atom stereocenters. The zero-order valence-electron chi connectivity index (χ0n) is 25.6. The number of carbonyl (C=O) groups excluding carboxylic acids is 1. The minimum absolute atomic E-state index is 0.0546. The van der Waals surface area contributed by atoms with Gasteiger partial charge in [-0.25, -0.2) is 4.98 Å². The molecule has 8 heteroatoms. The molecule has 1 heterocycles. The van der Waals surface area contributed by atoms with Crippen LogP contribution in [0.25, 0.3) is 16.6 Å². The Kier molecular flexibility index (Phi) is 9.72. The maximum atomic E-state index is 14.0. The molecule has 0 N–H and O–H groups in total. The molecular formula is C36H38N4O4. The molecule has 1 aromatic heterocycles. The molecular weight excluding hydrogens is 552 g/mol. The van der Waals surface area contributed by atoms with Gasteiger partial charge in [-0.2, -0.15) is 0 Å². The summed E-state index contributed by atoms with van der Waals surface area (Å²) in [6, 6.07) is 31.7. The first-order valence-corrected chi connectivity index (χ1v) is 14.7. The van der Waals surface area contributed by atoms with Gasteiger partial charge in [0.1, 0.15) is 23.9 Å². The average Bonchev–Trinajstić information content (AvgIpc) is 3.05. The van der Waals surface area contributed by atoms with E-state index in [1.807, 2.05) is 128 Å². The summed E-state index contributed by atoms with van der Waals surface area (Å²) in [6.45, 7) is 3.54. The highest BCUT2D eigenvalue weighted by molar-refractivity contribution is 5.80. The molecule has 0 fully saturated rings. The van der Waals surface area contributed by atoms with Gasteiger partial charge in [0.05, 0.1) is 36.2 Å². The van der Waals surface area contributed by atoms with Crippen LogP contribution < -0.4 is 15.0 Å². The summed E-state index contributed by atoms with van der Waals surface area (Å²) in [7, 11) is 5.55. The van der Waals surface area contributed by atoms with Crippen LogP contribution >= 0.6 is 0 Å². The van der Waals surface area contributed by atoms with E-state index in [9.17, 15) is 9.59 Å². The van der Waals surface area contributed by atoms with Crippen molar-refractivity contribution in [2.24, 2.45) is 0 Å². The average molecular weight is 591 g/mol. The van der Waals surface area contributed by atoms with Crippen molar-refractivity contribution >= 4 is 16.8 Å². The van der Waals surface area contributed by atoms with Crippen molar-refractivity contribution in [3.63, 3.8) is 0 Å². The van der Waals surface area contributed by atoms with Gasteiger partial charge in [0.15, 0.2) is 0 Å². The van der Waals surface area contributed by atoms with Crippen LogP contribution in [0.5, 0.6) is 11.5 Å². The van der Waals surface area contributed by atoms with Gasteiger partial charge in [-0.1, -0.05) is 54.6 Å². The van der Waals surface area contributed by atoms with Crippen molar-refractivity contribution in [3.05, 3.63) is 130 Å². The molecule has 8 nitrogen and oxygen atoms in total. The SMILES string of the molecule is COc1ccc(-n2c(C(C)N(CCN(C)C)C(=O)Cc3ccc(OCc4ccccc4)cc3)nc3ccccc3c2=O)cc1. The van der Waals surface area contributed by atoms with Crippen LogP contribution in [0.15, 0.2) is 108 Å². The summed E-state index contributed by atoms with van der Waals surface area (Å²) in [4.78, 5) is 36.7. The van der Waals surface area contributed by atoms with E-state index in [1.165, 1.54) is 0 Å². The van der Waals surface area contributed by atoms with Crippen LogP contribution in [0.4, 0.5) is 0 Å². The first kappa shape index (κ1) is 30.5. The lowest BCUT2D eigenvalue weighted by Gasteiger charge is -2.31. The van der Waals surface area contributed by atoms with Crippen LogP contribution in [-0.2, 0) is 17.8 Å². The number of aromatic nitrogens is 2. The fourth-order valence-electron chi connectivity index (χ4n) is 5.11. The second-order valence-corrected chi connectivity index (χ2v) is 11.0. The number of hydrogen-bond acceptors (Lipinski definition) is 6. The summed E-state index contributed by atoms with van der Waals surface area (Å²) in [5, 5.41) is 0.514. The van der Waals surface area contributed by atoms with Gasteiger partial charge in [-0.05, 0) is 80.7 Å². The van der Waals surface area contributed by atoms with Crippen molar-refractivity contribution in [1.29, 1.82) is 0 Å². The molecule has 0 aliphatic rings. The lowest BCUT2D eigenvalue weighted by Crippen LogP contribution is -2.41. The molecule has 1 amide bonds. The number of ether oxygens (including phenoxy) is 2. The van der Waals surface area contributed by atoms with Gasteiger partial charge in [0.2, 0.25) is 5.91 Å². The number of likely N-dealkylation sites (N-methyl/N-ethyl adjacent to an activating group) is 1. The monoisotopic (exact) mass is 590 g/mol. The Hall–Kier alpha value is -4.95. The third kappa shape index (κ3) is 7.15. The van der Waals surface area contributed by atoms with Gasteiger partial charge >= 0.3 is 0 Å². The maximum Gasteiger partial charge on any atom is 0.266 e. The van der Waals surface area contributed by atoms with Gasteiger partial charge in [-0.15, -0.1) is 0 Å². The van der Waals surface area contributed by atoms with E-state index in [1.54, 1.807) is 17.7 Å². The molecule has 0 bridgehead atoms. The molecule has 4 aromatic carbocycles. The van der Waals surface area contributed by atoms with Crippen LogP contribution in [0.1, 0.15) is 29.9 Å². The highest BCUT2D eigenvalue weighted by Gasteiger charge is 2.27. The molecule has 5 aromatic rings. The molecule has 5 rings (SSSR count). The Bertz CT molecular complexity index is 1750. The van der Waals surface area contributed by atoms with Gasteiger partial charge in [0, 0.05) is 13.1 Å². The molecule has 0 radical (unpaired) electrons. The minimum atomic E-state index is -0.490. The zero-order valence-corrected chi connectivity index (χ0v) is 25.6. The number of fused-ring (bicyclic) bond motifs is 1. The van der Waals surface area contributed by atoms with Crippen LogP contribution in [0, 0.1) is 0 Å². The predicted molar refractivity (Wildman–Crippen MR) is 173 cm³/mol. The second kappa shape index (κ2) is 14.0. The number of nitrogens with zero attached hydrogens (tertiary/aromatic N) is 4. The first-order valence-electron chi connectivity index (χ1n) is 14.7. The number of para-hydroxylation sites is 1. The Morgan fingerprint density at radius 3 is 2.16 bits per heavy atom. The largest absolute Gasteiger partial charge is 0.497 e. The molecule has 1 atom stereocenters. The Labute approximate surface area is 258 Å². The molecule has 0 aliphatic carbocycles. The van der Waals surface area contributed by atoms with Crippen molar-refractivity contribution < 1.29 is 14.3 Å². The van der Waals surface area contributed by atoms with Crippen molar-refractivity contribution in [1.82, 2.24) is 19.4 Å². The van der Waals surface area contributed by atoms with E-state index < -0.39 is 6.04 Å². The third-order valence-corrected chi connectivity index (χ3v) is 7.61. The van der Waals surface area contributed by atoms with E-state index in [0.29, 0.717) is 47.9 Å². The molecule has 0 aliphatic heterocycles. The van der Waals surface area contributed by atoms with Gasteiger partial charge < -0.3 is 19.3 Å². The fraction of sp³-hybridized carbons (Fsp3) is 0.250. The normalized spacial score (nSPS) is 11.8. The molecule has 0 saturated heterocycles. The van der Waals surface area contributed by atoms with Crippen molar-refractivity contribution in [2.75, 3.05) is 34.3 Å². The van der Waals surface area contributed by atoms with Crippen molar-refractivity contribution in [3.8, 4) is 17.2 Å². The van der Waals surface area contributed by atoms with Gasteiger partial charge in [-0.3, -0.25) is 14.2 Å². The Morgan fingerprint density at radius 2 is 1.48 bits per heavy atom. The molecule has 0 saturated carbocycles. The van der Waals surface area contributed by atoms with E-state index in [4.69, 9.17) is 14.5 Å². The Balaban J connectivity index is 1.44. The lowest BCUT2D eigenvalue weighted by atomic mass is 10.1. The van der Waals surface area contributed by atoms with Gasteiger partial charge in [0.25, 0.3) is 5.56 Å². The van der Waals surface area contributed by atoms with E-state index in [-0.39, 0.29) is 17.9 Å². The van der Waals surface area contributed by atoms with E-state index in [0.717, 1.165) is 16.9 Å². The first-order chi connectivity index (χ1) is 21.3. The summed E-state index contributed by atoms with van der Waals surface area (Å²) in [5.74, 6) is 1.87. The summed E-state index contributed by atoms with van der Waals surface area (Å²) in [6.07, 6.45) is 0.205. The van der Waals surface area contributed by atoms with Crippen LogP contribution in [-0.4, -0.2) is 59.6 Å². The maximum absolute atomic E-state index is 14.0. The number of carbonyl (C=O) groups is 1. The summed E-state index contributed by atoms with van der Waals surface area (Å²) >= 11 is 0. The number of benzene rings is 4. The van der Waals surface area contributed by atoms with Crippen LogP contribution in [0.2, 0.25) is 0 Å². The smallest absolute Gasteiger partial charge is 0.266 e. The number of methoxy groups -OCH3 is 1. The van der Waals surface area contributed by atoms with E-state index >= 15 is 0 Å². The fourth-order valence-corrected chi connectivity index (χ4v) is 5.11. The Morgan fingerprint density at radius 1 is 0.818 bits per heavy atom. The van der Waals surface area contributed by atoms with E-state index in [2.05, 4.69) is 0 Å². The summed E-state index contributed by atoms with van der Waals surface area (Å²) < 4.78 is 12.9. The number of amides is 1. The standard InChI is InChI=1S/C36H38N4O4/c1-26(35-37-33-13-9-8-12-32(33)36(42)40(35)29-16-20-30(43-4)21-17-29)39(23-22-38(2)3)34(41)24-27-14-18-31(19-15-27)44-25-28-10-6-5-7-11-28/h5-21,26H,22-25H2,1-4H3. The van der Waals surface area contributed by atoms with Crippen molar-refractivity contribution in [2.45, 2.75) is 26.0 Å². The molecule has 226 valence electrons. The topological polar surface area (TPSA) is 76.9 Å². The second-order valence-electron chi connectivity index (χ2n) is 11.0. The zero-order chi connectivity index (χ0) is 31.1. The number of hydrogen-bond donors (Lipinski definition) is 0.